The summed E-state index contributed by atoms with van der Waals surface area (Å²) < 4.78 is 0. The molecule has 0 saturated carbocycles. The standard InChI is InChI=1S/C10H13NO/c1-8(2)10-5-3-9(4-6-10)7-11-12/h3-8,12H,1-2H3/b11-7-. The third-order valence-corrected chi connectivity index (χ3v) is 1.81. The summed E-state index contributed by atoms with van der Waals surface area (Å²) in [4.78, 5) is 0. The topological polar surface area (TPSA) is 32.6 Å². The van der Waals surface area contributed by atoms with Crippen molar-refractivity contribution in [2.45, 2.75) is 19.8 Å². The van der Waals surface area contributed by atoms with Crippen LogP contribution < -0.4 is 0 Å². The number of nitrogens with zero attached hydrogens (tertiary/aromatic N) is 1. The lowest BCUT2D eigenvalue weighted by molar-refractivity contribution is 0.322. The third-order valence-electron chi connectivity index (χ3n) is 1.81. The Balaban J connectivity index is 2.85. The summed E-state index contributed by atoms with van der Waals surface area (Å²) in [5.41, 5.74) is 2.21. The lowest BCUT2D eigenvalue weighted by Crippen LogP contribution is -1.87. The summed E-state index contributed by atoms with van der Waals surface area (Å²) in [6.45, 7) is 4.30. The van der Waals surface area contributed by atoms with Crippen molar-refractivity contribution in [2.24, 2.45) is 5.16 Å². The van der Waals surface area contributed by atoms with E-state index in [1.54, 1.807) is 0 Å². The molecule has 0 fully saturated rings. The minimum absolute atomic E-state index is 0.546. The summed E-state index contributed by atoms with van der Waals surface area (Å²) >= 11 is 0. The van der Waals surface area contributed by atoms with Crippen LogP contribution in [0.15, 0.2) is 29.4 Å². The van der Waals surface area contributed by atoms with Crippen molar-refractivity contribution < 1.29 is 5.21 Å². The fourth-order valence-electron chi connectivity index (χ4n) is 1.03. The number of rotatable bonds is 2. The highest BCUT2D eigenvalue weighted by Crippen LogP contribution is 2.13. The Morgan fingerprint density at radius 3 is 2.25 bits per heavy atom. The molecule has 1 N–H and O–H groups in total. The van der Waals surface area contributed by atoms with Gasteiger partial charge in [0, 0.05) is 0 Å². The molecule has 1 aromatic rings. The van der Waals surface area contributed by atoms with Crippen LogP contribution in [0.5, 0.6) is 0 Å². The first kappa shape index (κ1) is 8.78. The molecule has 1 rings (SSSR count). The summed E-state index contributed by atoms with van der Waals surface area (Å²) in [6.07, 6.45) is 1.42. The van der Waals surface area contributed by atoms with Crippen LogP contribution in [0.4, 0.5) is 0 Å². The van der Waals surface area contributed by atoms with E-state index >= 15 is 0 Å². The monoisotopic (exact) mass is 163 g/mol. The van der Waals surface area contributed by atoms with Gasteiger partial charge < -0.3 is 5.21 Å². The summed E-state index contributed by atoms with van der Waals surface area (Å²) in [5, 5.41) is 11.2. The first-order chi connectivity index (χ1) is 5.74. The summed E-state index contributed by atoms with van der Waals surface area (Å²) in [6, 6.07) is 7.97. The van der Waals surface area contributed by atoms with Crippen molar-refractivity contribution in [1.29, 1.82) is 0 Å². The Kier molecular flexibility index (Phi) is 2.86. The van der Waals surface area contributed by atoms with Crippen molar-refractivity contribution >= 4 is 6.21 Å². The van der Waals surface area contributed by atoms with Gasteiger partial charge in [-0.25, -0.2) is 0 Å². The number of benzene rings is 1. The van der Waals surface area contributed by atoms with Gasteiger partial charge in [0.2, 0.25) is 0 Å². The zero-order valence-electron chi connectivity index (χ0n) is 7.36. The molecule has 0 radical (unpaired) electrons. The molecule has 0 heterocycles. The van der Waals surface area contributed by atoms with E-state index in [0.29, 0.717) is 5.92 Å². The van der Waals surface area contributed by atoms with Crippen LogP contribution in [0.3, 0.4) is 0 Å². The molecular formula is C10H13NO. The molecule has 2 heteroatoms. The van der Waals surface area contributed by atoms with Crippen LogP contribution in [-0.2, 0) is 0 Å². The number of hydrogen-bond donors (Lipinski definition) is 1. The minimum Gasteiger partial charge on any atom is -0.411 e. The van der Waals surface area contributed by atoms with Crippen LogP contribution in [0.1, 0.15) is 30.9 Å². The molecule has 1 aromatic carbocycles. The molecule has 0 unspecified atom stereocenters. The predicted octanol–water partition coefficient (Wildman–Crippen LogP) is 2.62. The second-order valence-corrected chi connectivity index (χ2v) is 3.07. The molecule has 0 amide bonds. The van der Waals surface area contributed by atoms with Gasteiger partial charge >= 0.3 is 0 Å². The zero-order chi connectivity index (χ0) is 8.97. The van der Waals surface area contributed by atoms with Crippen LogP contribution in [0.25, 0.3) is 0 Å². The highest BCUT2D eigenvalue weighted by atomic mass is 16.4. The SMILES string of the molecule is CC(C)c1ccc(/C=N\O)cc1. The summed E-state index contributed by atoms with van der Waals surface area (Å²) in [7, 11) is 0. The van der Waals surface area contributed by atoms with Gasteiger partial charge in [-0.05, 0) is 17.0 Å². The van der Waals surface area contributed by atoms with Crippen molar-refractivity contribution in [1.82, 2.24) is 0 Å². The minimum atomic E-state index is 0.546. The van der Waals surface area contributed by atoms with E-state index in [2.05, 4.69) is 19.0 Å². The van der Waals surface area contributed by atoms with E-state index in [9.17, 15) is 0 Å². The first-order valence-electron chi connectivity index (χ1n) is 4.01. The maximum Gasteiger partial charge on any atom is 0.0733 e. The molecule has 0 aliphatic rings. The zero-order valence-corrected chi connectivity index (χ0v) is 7.36. The maximum atomic E-state index is 8.27. The fraction of sp³-hybridized carbons (Fsp3) is 0.300. The normalized spacial score (nSPS) is 11.2. The third kappa shape index (κ3) is 2.09. The van der Waals surface area contributed by atoms with E-state index in [1.165, 1.54) is 11.8 Å². The second-order valence-electron chi connectivity index (χ2n) is 3.07. The van der Waals surface area contributed by atoms with Crippen molar-refractivity contribution in [2.75, 3.05) is 0 Å². The molecule has 0 aliphatic carbocycles. The lowest BCUT2D eigenvalue weighted by Gasteiger charge is -2.03. The number of oxime groups is 1. The summed E-state index contributed by atoms with van der Waals surface area (Å²) in [5.74, 6) is 0.546. The van der Waals surface area contributed by atoms with E-state index in [0.717, 1.165) is 5.56 Å². The van der Waals surface area contributed by atoms with Gasteiger partial charge in [-0.2, -0.15) is 0 Å². The van der Waals surface area contributed by atoms with E-state index in [-0.39, 0.29) is 0 Å². The maximum absolute atomic E-state index is 8.27. The smallest absolute Gasteiger partial charge is 0.0733 e. The Labute approximate surface area is 72.5 Å². The molecule has 0 saturated heterocycles. The average molecular weight is 163 g/mol. The molecular weight excluding hydrogens is 150 g/mol. The van der Waals surface area contributed by atoms with Gasteiger partial charge in [-0.15, -0.1) is 0 Å². The molecule has 0 atom stereocenters. The molecule has 0 spiro atoms. The molecule has 0 bridgehead atoms. The highest BCUT2D eigenvalue weighted by molar-refractivity contribution is 5.78. The van der Waals surface area contributed by atoms with Crippen LogP contribution in [0.2, 0.25) is 0 Å². The second kappa shape index (κ2) is 3.90. The van der Waals surface area contributed by atoms with Crippen molar-refractivity contribution in [3.05, 3.63) is 35.4 Å². The molecule has 0 aliphatic heterocycles. The Morgan fingerprint density at radius 2 is 1.83 bits per heavy atom. The van der Waals surface area contributed by atoms with Gasteiger partial charge in [0.25, 0.3) is 0 Å². The van der Waals surface area contributed by atoms with Crippen LogP contribution in [0, 0.1) is 0 Å². The molecule has 64 valence electrons. The van der Waals surface area contributed by atoms with Crippen LogP contribution in [-0.4, -0.2) is 11.4 Å². The van der Waals surface area contributed by atoms with E-state index < -0.39 is 0 Å². The van der Waals surface area contributed by atoms with Crippen molar-refractivity contribution in [3.8, 4) is 0 Å². The Bertz CT molecular complexity index is 262. The van der Waals surface area contributed by atoms with Gasteiger partial charge in [0.15, 0.2) is 0 Å². The van der Waals surface area contributed by atoms with Gasteiger partial charge in [0.1, 0.15) is 0 Å². The van der Waals surface area contributed by atoms with Gasteiger partial charge in [-0.1, -0.05) is 43.3 Å². The van der Waals surface area contributed by atoms with Gasteiger partial charge in [-0.3, -0.25) is 0 Å². The van der Waals surface area contributed by atoms with Crippen LogP contribution >= 0.6 is 0 Å². The molecule has 12 heavy (non-hydrogen) atoms. The Hall–Kier alpha value is -1.31. The fourth-order valence-corrected chi connectivity index (χ4v) is 1.03. The predicted molar refractivity (Wildman–Crippen MR) is 49.9 cm³/mol. The molecule has 2 nitrogen and oxygen atoms in total. The Morgan fingerprint density at radius 1 is 1.25 bits per heavy atom. The van der Waals surface area contributed by atoms with E-state index in [1.807, 2.05) is 24.3 Å². The van der Waals surface area contributed by atoms with Crippen molar-refractivity contribution in [3.63, 3.8) is 0 Å². The lowest BCUT2D eigenvalue weighted by atomic mass is 10.0. The number of hydrogen-bond acceptors (Lipinski definition) is 2. The quantitative estimate of drug-likeness (QED) is 0.405. The van der Waals surface area contributed by atoms with Gasteiger partial charge in [0.05, 0.1) is 6.21 Å². The average Bonchev–Trinajstić information content (AvgIpc) is 2.06. The molecule has 0 aromatic heterocycles. The van der Waals surface area contributed by atoms with E-state index in [4.69, 9.17) is 5.21 Å². The highest BCUT2D eigenvalue weighted by Gasteiger charge is 1.96. The largest absolute Gasteiger partial charge is 0.411 e. The first-order valence-corrected chi connectivity index (χ1v) is 4.01.